The van der Waals surface area contributed by atoms with E-state index in [1.807, 2.05) is 75.9 Å². The molecule has 8 rings (SSSR count). The molecular weight excluding hydrogens is 665 g/mol. The smallest absolute Gasteiger partial charge is 0.506 e. The third-order valence-electron chi connectivity index (χ3n) is 7.07. The monoisotopic (exact) mass is 685 g/mol. The van der Waals surface area contributed by atoms with Gasteiger partial charge in [0.05, 0.1) is 39.0 Å². The van der Waals surface area contributed by atoms with E-state index in [1.54, 1.807) is 6.07 Å². The number of hydrogen-bond donors (Lipinski definition) is 1. The average molecular weight is 686 g/mol. The minimum absolute atomic E-state index is 0. The summed E-state index contributed by atoms with van der Waals surface area (Å²) in [6.45, 7) is 0. The zero-order valence-corrected chi connectivity index (χ0v) is 22.7. The maximum atomic E-state index is 10.8. The van der Waals surface area contributed by atoms with Crippen LogP contribution in [0.5, 0.6) is 5.75 Å². The molecule has 0 bridgehead atoms. The molecule has 39 heavy (non-hydrogen) atoms. The topological polar surface area (TPSA) is 51.3 Å². The van der Waals surface area contributed by atoms with Crippen LogP contribution in [-0.2, 0) is 21.1 Å². The van der Waals surface area contributed by atoms with E-state index in [0.29, 0.717) is 5.69 Å². The predicted octanol–water partition coefficient (Wildman–Crippen LogP) is 5.96. The molecule has 0 spiro atoms. The Bertz CT molecular complexity index is 2160. The van der Waals surface area contributed by atoms with Crippen LogP contribution in [0, 0.1) is 12.4 Å². The van der Waals surface area contributed by atoms with Crippen LogP contribution in [0.15, 0.2) is 115 Å². The van der Waals surface area contributed by atoms with Crippen LogP contribution in [0.25, 0.3) is 55.9 Å². The SMILES string of the molecule is Oc1ccccc1-n1c2ccccc2n2c3cccc(-[n+]4[c-]n(-c5[c-]cccc5)c5ccccc54)c3nc12.[Pt+2]. The van der Waals surface area contributed by atoms with E-state index in [0.717, 1.165) is 50.3 Å². The molecule has 0 saturated heterocycles. The van der Waals surface area contributed by atoms with Gasteiger partial charge in [-0.2, -0.15) is 30.3 Å². The first kappa shape index (κ1) is 23.4. The van der Waals surface area contributed by atoms with Gasteiger partial charge in [-0.15, -0.1) is 0 Å². The van der Waals surface area contributed by atoms with Gasteiger partial charge >= 0.3 is 21.1 Å². The molecule has 0 aliphatic rings. The van der Waals surface area contributed by atoms with Gasteiger partial charge in [0.2, 0.25) is 5.78 Å². The number of aromatic nitrogens is 5. The van der Waals surface area contributed by atoms with Crippen molar-refractivity contribution in [3.8, 4) is 22.8 Å². The number of rotatable bonds is 3. The number of imidazole rings is 3. The Balaban J connectivity index is 0.00000253. The summed E-state index contributed by atoms with van der Waals surface area (Å²) in [5.74, 6) is 0.934. The molecule has 6 nitrogen and oxygen atoms in total. The van der Waals surface area contributed by atoms with E-state index < -0.39 is 0 Å². The Morgan fingerprint density at radius 1 is 0.692 bits per heavy atom. The summed E-state index contributed by atoms with van der Waals surface area (Å²) in [5.41, 5.74) is 8.38. The fourth-order valence-electron chi connectivity index (χ4n) is 5.42. The van der Waals surface area contributed by atoms with Gasteiger partial charge in [0, 0.05) is 0 Å². The summed E-state index contributed by atoms with van der Waals surface area (Å²) >= 11 is 0. The second-order valence-electron chi connectivity index (χ2n) is 9.21. The average Bonchev–Trinajstić information content (AvgIpc) is 3.63. The van der Waals surface area contributed by atoms with Crippen molar-refractivity contribution in [1.82, 2.24) is 18.5 Å². The third-order valence-corrected chi connectivity index (χ3v) is 7.07. The minimum Gasteiger partial charge on any atom is -0.506 e. The first-order valence-corrected chi connectivity index (χ1v) is 12.4. The van der Waals surface area contributed by atoms with Crippen molar-refractivity contribution < 1.29 is 30.7 Å². The van der Waals surface area contributed by atoms with Crippen molar-refractivity contribution in [2.75, 3.05) is 0 Å². The zero-order valence-electron chi connectivity index (χ0n) is 20.5. The van der Waals surface area contributed by atoms with Gasteiger partial charge in [0.1, 0.15) is 11.3 Å². The molecule has 3 aromatic heterocycles. The molecule has 0 saturated carbocycles. The van der Waals surface area contributed by atoms with Gasteiger partial charge < -0.3 is 9.67 Å². The van der Waals surface area contributed by atoms with E-state index in [-0.39, 0.29) is 26.8 Å². The first-order valence-electron chi connectivity index (χ1n) is 12.4. The summed E-state index contributed by atoms with van der Waals surface area (Å²) in [6, 6.07) is 41.2. The molecule has 1 N–H and O–H groups in total. The Labute approximate surface area is 237 Å². The molecular formula is C32H20N5OPt+. The second kappa shape index (κ2) is 8.97. The number of nitrogens with zero attached hydrogens (tertiary/aromatic N) is 5. The van der Waals surface area contributed by atoms with Gasteiger partial charge in [-0.25, -0.2) is 4.98 Å². The number of benzene rings is 5. The molecule has 0 unspecified atom stereocenters. The zero-order chi connectivity index (χ0) is 25.2. The van der Waals surface area contributed by atoms with Crippen LogP contribution in [0.4, 0.5) is 0 Å². The molecule has 0 aliphatic heterocycles. The van der Waals surface area contributed by atoms with Gasteiger partial charge in [-0.05, 0) is 42.1 Å². The molecule has 3 heterocycles. The van der Waals surface area contributed by atoms with E-state index in [2.05, 4.69) is 63.8 Å². The molecule has 188 valence electrons. The maximum Gasteiger partial charge on any atom is 2.00 e. The van der Waals surface area contributed by atoms with Crippen LogP contribution in [-0.4, -0.2) is 23.6 Å². The summed E-state index contributed by atoms with van der Waals surface area (Å²) < 4.78 is 8.27. The fourth-order valence-corrected chi connectivity index (χ4v) is 5.42. The molecule has 0 fully saturated rings. The normalized spacial score (nSPS) is 11.5. The first-order chi connectivity index (χ1) is 18.8. The quantitative estimate of drug-likeness (QED) is 0.185. The van der Waals surface area contributed by atoms with Gasteiger partial charge in [-0.3, -0.25) is 13.5 Å². The number of aromatic hydroxyl groups is 1. The van der Waals surface area contributed by atoms with Crippen molar-refractivity contribution in [2.45, 2.75) is 0 Å². The van der Waals surface area contributed by atoms with E-state index >= 15 is 0 Å². The molecule has 5 aromatic carbocycles. The van der Waals surface area contributed by atoms with Gasteiger partial charge in [-0.1, -0.05) is 54.6 Å². The molecule has 0 amide bonds. The van der Waals surface area contributed by atoms with Gasteiger partial charge in [0.25, 0.3) is 6.33 Å². The third kappa shape index (κ3) is 3.38. The number of phenols is 1. The molecule has 0 atom stereocenters. The van der Waals surface area contributed by atoms with Crippen LogP contribution >= 0.6 is 0 Å². The van der Waals surface area contributed by atoms with Crippen LogP contribution in [0.1, 0.15) is 0 Å². The van der Waals surface area contributed by atoms with Crippen molar-refractivity contribution >= 4 is 38.9 Å². The molecule has 0 aliphatic carbocycles. The largest absolute Gasteiger partial charge is 2.00 e. The molecule has 7 heteroatoms. The molecule has 0 radical (unpaired) electrons. The summed E-state index contributed by atoms with van der Waals surface area (Å²) in [7, 11) is 0. The Morgan fingerprint density at radius 2 is 1.41 bits per heavy atom. The van der Waals surface area contributed by atoms with Crippen LogP contribution < -0.4 is 4.57 Å². The minimum atomic E-state index is 0. The number of hydrogen-bond acceptors (Lipinski definition) is 2. The maximum absolute atomic E-state index is 10.8. The van der Waals surface area contributed by atoms with Crippen molar-refractivity contribution in [3.05, 3.63) is 128 Å². The number of phenolic OH excluding ortho intramolecular Hbond substituents is 1. The van der Waals surface area contributed by atoms with Crippen molar-refractivity contribution in [1.29, 1.82) is 0 Å². The fraction of sp³-hybridized carbons (Fsp3) is 0. The van der Waals surface area contributed by atoms with E-state index in [4.69, 9.17) is 4.98 Å². The summed E-state index contributed by atoms with van der Waals surface area (Å²) in [6.07, 6.45) is 3.55. The second-order valence-corrected chi connectivity index (χ2v) is 9.21. The standard InChI is InChI=1S/C32H20N5O.Pt/c38-30-20-9-8-17-27(30)36-25-15-6-7-16-26(25)37-29-19-10-18-28(31(29)33-32(36)37)35-21-34(22-11-2-1-3-12-22)23-13-4-5-14-24(23)35;/h1-11,13-20,38H;/q-1;+2. The van der Waals surface area contributed by atoms with Gasteiger partial charge in [0.15, 0.2) is 0 Å². The Kier molecular flexibility index (Phi) is 5.39. The van der Waals surface area contributed by atoms with Crippen LogP contribution in [0.3, 0.4) is 0 Å². The van der Waals surface area contributed by atoms with Crippen LogP contribution in [0.2, 0.25) is 0 Å². The molecule has 8 aromatic rings. The van der Waals surface area contributed by atoms with Crippen molar-refractivity contribution in [2.24, 2.45) is 0 Å². The number of fused-ring (bicyclic) bond motifs is 6. The summed E-state index contributed by atoms with van der Waals surface area (Å²) in [4.78, 5) is 5.19. The Morgan fingerprint density at radius 3 is 2.23 bits per heavy atom. The summed E-state index contributed by atoms with van der Waals surface area (Å²) in [5, 5.41) is 10.8. The van der Waals surface area contributed by atoms with E-state index in [9.17, 15) is 5.11 Å². The van der Waals surface area contributed by atoms with E-state index in [1.165, 1.54) is 0 Å². The number of para-hydroxylation sites is 8. The Hall–Kier alpha value is -4.67. The predicted molar refractivity (Wildman–Crippen MR) is 147 cm³/mol. The van der Waals surface area contributed by atoms with Crippen molar-refractivity contribution in [3.63, 3.8) is 0 Å².